The number of thiophene rings is 1. The van der Waals surface area contributed by atoms with Gasteiger partial charge in [-0.25, -0.2) is 5.84 Å². The second-order valence-corrected chi connectivity index (χ2v) is 6.99. The number of nitrogens with two attached hydrogens (primary N) is 1. The number of benzene rings is 1. The van der Waals surface area contributed by atoms with Crippen LogP contribution in [0.4, 0.5) is 11.4 Å². The summed E-state index contributed by atoms with van der Waals surface area (Å²) in [6, 6.07) is 8.94. The van der Waals surface area contributed by atoms with Gasteiger partial charge in [0, 0.05) is 19.0 Å². The lowest BCUT2D eigenvalue weighted by Gasteiger charge is -2.25. The molecule has 1 aromatic carbocycles. The van der Waals surface area contributed by atoms with Gasteiger partial charge in [-0.1, -0.05) is 12.1 Å². The predicted octanol–water partition coefficient (Wildman–Crippen LogP) is 3.22. The maximum absolute atomic E-state index is 8.94. The summed E-state index contributed by atoms with van der Waals surface area (Å²) in [6.07, 6.45) is 3.08. The van der Waals surface area contributed by atoms with Crippen LogP contribution in [-0.4, -0.2) is 20.5 Å². The Bertz CT molecular complexity index is 667. The van der Waals surface area contributed by atoms with Gasteiger partial charge in [-0.2, -0.15) is 0 Å². The van der Waals surface area contributed by atoms with Crippen LogP contribution in [0.25, 0.3) is 0 Å². The van der Waals surface area contributed by atoms with Crippen molar-refractivity contribution in [1.29, 1.82) is 0 Å². The number of hydrogen-bond acceptors (Lipinski definition) is 5. The molecule has 130 valence electrons. The number of nitrogens with zero attached hydrogens (tertiary/aromatic N) is 1. The maximum atomic E-state index is 8.94. The number of amides is 1. The summed E-state index contributed by atoms with van der Waals surface area (Å²) in [5, 5.41) is 5.58. The van der Waals surface area contributed by atoms with E-state index < -0.39 is 0 Å². The van der Waals surface area contributed by atoms with Crippen LogP contribution in [0.2, 0.25) is 0 Å². The molecule has 0 bridgehead atoms. The molecule has 6 heteroatoms. The van der Waals surface area contributed by atoms with Gasteiger partial charge in [0.1, 0.15) is 0 Å². The van der Waals surface area contributed by atoms with Crippen LogP contribution >= 0.6 is 11.3 Å². The van der Waals surface area contributed by atoms with Crippen LogP contribution in [0, 0.1) is 6.92 Å². The molecule has 3 rings (SSSR count). The molecule has 2 aromatic rings. The summed E-state index contributed by atoms with van der Waals surface area (Å²) >= 11 is 1.85. The van der Waals surface area contributed by atoms with Crippen molar-refractivity contribution in [1.82, 2.24) is 5.43 Å². The quantitative estimate of drug-likeness (QED) is 0.325. The highest BCUT2D eigenvalue weighted by Gasteiger charge is 2.28. The minimum Gasteiger partial charge on any atom is -0.386 e. The number of hydrogen-bond donors (Lipinski definition) is 3. The van der Waals surface area contributed by atoms with Crippen LogP contribution in [0.15, 0.2) is 29.6 Å². The lowest BCUT2D eigenvalue weighted by Crippen LogP contribution is -2.18. The van der Waals surface area contributed by atoms with Crippen molar-refractivity contribution in [2.45, 2.75) is 32.2 Å². The van der Waals surface area contributed by atoms with Crippen molar-refractivity contribution in [3.8, 4) is 0 Å². The molecule has 0 atom stereocenters. The Hall–Kier alpha value is -2.05. The Labute approximate surface area is 147 Å². The first-order valence-corrected chi connectivity index (χ1v) is 8.94. The topological polar surface area (TPSA) is 70.4 Å². The molecule has 1 aliphatic carbocycles. The minimum atomic E-state index is 0.403. The molecule has 1 fully saturated rings. The number of carbonyl (C=O) groups is 1. The molecule has 0 aliphatic heterocycles. The number of carbonyl (C=O) groups excluding carboxylic acids is 1. The highest BCUT2D eigenvalue weighted by molar-refractivity contribution is 7.10. The van der Waals surface area contributed by atoms with E-state index in [0.717, 1.165) is 12.5 Å². The van der Waals surface area contributed by atoms with E-state index in [4.69, 9.17) is 4.79 Å². The Morgan fingerprint density at radius 1 is 1.42 bits per heavy atom. The third kappa shape index (κ3) is 4.72. The van der Waals surface area contributed by atoms with Crippen molar-refractivity contribution in [3.05, 3.63) is 45.6 Å². The summed E-state index contributed by atoms with van der Waals surface area (Å²) in [5.74, 6) is 5.18. The van der Waals surface area contributed by atoms with Crippen LogP contribution in [0.1, 0.15) is 34.8 Å². The van der Waals surface area contributed by atoms with E-state index in [1.165, 1.54) is 40.2 Å². The van der Waals surface area contributed by atoms with Crippen LogP contribution < -0.4 is 21.5 Å². The summed E-state index contributed by atoms with van der Waals surface area (Å²) in [5.41, 5.74) is 7.24. The zero-order chi connectivity index (χ0) is 17.5. The molecule has 1 heterocycles. The SMILES string of the molecule is CNc1cccc(C2CC2)c1N(C)Cc1cc(C)cs1.NNC=O. The van der Waals surface area contributed by atoms with Crippen molar-refractivity contribution >= 4 is 29.1 Å². The van der Waals surface area contributed by atoms with Gasteiger partial charge in [0.25, 0.3) is 0 Å². The third-order valence-corrected chi connectivity index (χ3v) is 5.02. The summed E-state index contributed by atoms with van der Waals surface area (Å²) in [6.45, 7) is 3.15. The van der Waals surface area contributed by atoms with E-state index in [-0.39, 0.29) is 0 Å². The molecule has 4 N–H and O–H groups in total. The average molecular weight is 346 g/mol. The molecule has 0 radical (unpaired) electrons. The fourth-order valence-corrected chi connectivity index (χ4v) is 3.73. The molecule has 1 aromatic heterocycles. The number of nitrogens with one attached hydrogen (secondary N) is 2. The standard InChI is InChI=1S/C17H22N2S.CH4N2O/c1-12-9-14(20-11-12)10-19(3)17-15(13-7-8-13)5-4-6-16(17)18-2;2-3-1-4/h4-6,9,11,13,18H,7-8,10H2,1-3H3;1H,2H2,(H,3,4). The first-order chi connectivity index (χ1) is 11.6. The normalized spacial score (nSPS) is 12.8. The van der Waals surface area contributed by atoms with E-state index in [0.29, 0.717) is 6.41 Å². The van der Waals surface area contributed by atoms with E-state index in [1.54, 1.807) is 5.43 Å². The smallest absolute Gasteiger partial charge is 0.221 e. The van der Waals surface area contributed by atoms with Crippen molar-refractivity contribution in [2.75, 3.05) is 24.3 Å². The minimum absolute atomic E-state index is 0.403. The van der Waals surface area contributed by atoms with Gasteiger partial charge in [0.2, 0.25) is 6.41 Å². The first kappa shape index (κ1) is 18.3. The fourth-order valence-electron chi connectivity index (χ4n) is 2.80. The van der Waals surface area contributed by atoms with E-state index in [2.05, 4.69) is 59.7 Å². The molecule has 0 saturated heterocycles. The number of anilines is 2. The molecule has 1 amide bonds. The fraction of sp³-hybridized carbons (Fsp3) is 0.389. The van der Waals surface area contributed by atoms with Gasteiger partial charge >= 0.3 is 0 Å². The molecule has 0 spiro atoms. The number of aryl methyl sites for hydroxylation is 1. The zero-order valence-electron chi connectivity index (χ0n) is 14.5. The lowest BCUT2D eigenvalue weighted by molar-refractivity contribution is -0.109. The molecular weight excluding hydrogens is 320 g/mol. The molecule has 1 aliphatic rings. The molecule has 1 saturated carbocycles. The summed E-state index contributed by atoms with van der Waals surface area (Å²) in [7, 11) is 4.22. The number of rotatable bonds is 6. The van der Waals surface area contributed by atoms with Crippen LogP contribution in [-0.2, 0) is 11.3 Å². The second kappa shape index (κ2) is 8.70. The Kier molecular flexibility index (Phi) is 6.63. The van der Waals surface area contributed by atoms with E-state index >= 15 is 0 Å². The van der Waals surface area contributed by atoms with E-state index in [9.17, 15) is 0 Å². The van der Waals surface area contributed by atoms with Crippen LogP contribution in [0.3, 0.4) is 0 Å². The molecule has 24 heavy (non-hydrogen) atoms. The number of hydrazine groups is 1. The monoisotopic (exact) mass is 346 g/mol. The molecule has 5 nitrogen and oxygen atoms in total. The third-order valence-electron chi connectivity index (χ3n) is 3.98. The highest BCUT2D eigenvalue weighted by Crippen LogP contribution is 2.46. The molecular formula is C18H26N4OS. The first-order valence-electron chi connectivity index (χ1n) is 8.06. The van der Waals surface area contributed by atoms with Gasteiger partial charge in [0.15, 0.2) is 0 Å². The molecule has 0 unspecified atom stereocenters. The Morgan fingerprint density at radius 2 is 2.12 bits per heavy atom. The zero-order valence-corrected chi connectivity index (χ0v) is 15.3. The van der Waals surface area contributed by atoms with Gasteiger partial charge in [-0.05, 0) is 54.3 Å². The van der Waals surface area contributed by atoms with Gasteiger partial charge < -0.3 is 10.2 Å². The largest absolute Gasteiger partial charge is 0.386 e. The predicted molar refractivity (Wildman–Crippen MR) is 103 cm³/mol. The number of para-hydroxylation sites is 1. The lowest BCUT2D eigenvalue weighted by atomic mass is 10.1. The van der Waals surface area contributed by atoms with Gasteiger partial charge in [-0.3, -0.25) is 10.2 Å². The van der Waals surface area contributed by atoms with Gasteiger partial charge in [-0.15, -0.1) is 11.3 Å². The van der Waals surface area contributed by atoms with E-state index in [1.807, 2.05) is 18.4 Å². The highest BCUT2D eigenvalue weighted by atomic mass is 32.1. The average Bonchev–Trinajstić information content (AvgIpc) is 3.37. The van der Waals surface area contributed by atoms with Crippen LogP contribution in [0.5, 0.6) is 0 Å². The summed E-state index contributed by atoms with van der Waals surface area (Å²) in [4.78, 5) is 12.8. The Balaban J connectivity index is 0.000000471. The summed E-state index contributed by atoms with van der Waals surface area (Å²) < 4.78 is 0. The second-order valence-electron chi connectivity index (χ2n) is 6.00. The van der Waals surface area contributed by atoms with Gasteiger partial charge in [0.05, 0.1) is 17.9 Å². The Morgan fingerprint density at radius 3 is 2.62 bits per heavy atom. The van der Waals surface area contributed by atoms with Crippen molar-refractivity contribution < 1.29 is 4.79 Å². The van der Waals surface area contributed by atoms with Crippen molar-refractivity contribution in [2.24, 2.45) is 5.84 Å². The maximum Gasteiger partial charge on any atom is 0.221 e. The van der Waals surface area contributed by atoms with Crippen molar-refractivity contribution in [3.63, 3.8) is 0 Å².